The molecule has 3 rings (SSSR count). The maximum absolute atomic E-state index is 12.8. The number of nitrogens with two attached hydrogens (primary N) is 1. The lowest BCUT2D eigenvalue weighted by molar-refractivity contribution is 0.174. The second kappa shape index (κ2) is 7.91. The number of aryl methyl sites for hydroxylation is 1. The Morgan fingerprint density at radius 1 is 1.21 bits per heavy atom. The van der Waals surface area contributed by atoms with Crippen molar-refractivity contribution in [3.05, 3.63) is 17.7 Å². The molecular weight excluding hydrogens is 352 g/mol. The van der Waals surface area contributed by atoms with Crippen molar-refractivity contribution in [2.45, 2.75) is 50.0 Å². The average molecular weight is 377 g/mol. The molecule has 0 aromatic heterocycles. The molecule has 1 saturated carbocycles. The van der Waals surface area contributed by atoms with Crippen molar-refractivity contribution in [1.82, 2.24) is 4.72 Å². The SMILES string of the molecule is Cc1cc2c(cc1S(=O)(=O)NC(CN)C1CCCCC1)OCO2.Cl. The minimum absolute atomic E-state index is 0. The lowest BCUT2D eigenvalue weighted by Crippen LogP contribution is -2.45. The zero-order chi connectivity index (χ0) is 16.4. The van der Waals surface area contributed by atoms with Crippen LogP contribution in [0.15, 0.2) is 17.0 Å². The van der Waals surface area contributed by atoms with E-state index in [2.05, 4.69) is 4.72 Å². The van der Waals surface area contributed by atoms with Gasteiger partial charge in [-0.05, 0) is 37.3 Å². The molecule has 0 spiro atoms. The number of fused-ring (bicyclic) bond motifs is 1. The van der Waals surface area contributed by atoms with Crippen molar-refractivity contribution >= 4 is 22.4 Å². The van der Waals surface area contributed by atoms with Crippen LogP contribution >= 0.6 is 12.4 Å². The molecular formula is C16H25ClN2O4S. The standard InChI is InChI=1S/C16H24N2O4S.ClH/c1-11-7-14-15(22-10-21-14)8-16(11)23(19,20)18-13(9-17)12-5-3-2-4-6-12;/h7-8,12-13,18H,2-6,9-10,17H2,1H3;1H. The molecule has 24 heavy (non-hydrogen) atoms. The van der Waals surface area contributed by atoms with E-state index in [1.807, 2.05) is 0 Å². The van der Waals surface area contributed by atoms with E-state index in [-0.39, 0.29) is 30.1 Å². The number of halogens is 1. The highest BCUT2D eigenvalue weighted by Gasteiger charge is 2.29. The van der Waals surface area contributed by atoms with Crippen molar-refractivity contribution in [3.8, 4) is 11.5 Å². The van der Waals surface area contributed by atoms with Gasteiger partial charge in [0.1, 0.15) is 0 Å². The number of benzene rings is 1. The van der Waals surface area contributed by atoms with Crippen LogP contribution in [0.3, 0.4) is 0 Å². The summed E-state index contributed by atoms with van der Waals surface area (Å²) in [5.41, 5.74) is 6.49. The van der Waals surface area contributed by atoms with Gasteiger partial charge in [-0.3, -0.25) is 0 Å². The smallest absolute Gasteiger partial charge is 0.241 e. The maximum atomic E-state index is 12.8. The Morgan fingerprint density at radius 3 is 2.46 bits per heavy atom. The molecule has 1 atom stereocenters. The molecule has 1 aliphatic heterocycles. The maximum Gasteiger partial charge on any atom is 0.241 e. The van der Waals surface area contributed by atoms with Gasteiger partial charge in [-0.2, -0.15) is 0 Å². The predicted octanol–water partition coefficient (Wildman–Crippen LogP) is 2.33. The first-order chi connectivity index (χ1) is 11.0. The summed E-state index contributed by atoms with van der Waals surface area (Å²) in [5.74, 6) is 1.37. The van der Waals surface area contributed by atoms with Crippen LogP contribution in [-0.2, 0) is 10.0 Å². The topological polar surface area (TPSA) is 90.7 Å². The molecule has 0 amide bonds. The highest BCUT2D eigenvalue weighted by atomic mass is 35.5. The summed E-state index contributed by atoms with van der Waals surface area (Å²) in [6, 6.07) is 3.02. The third-order valence-electron chi connectivity index (χ3n) is 4.74. The third kappa shape index (κ3) is 3.96. The molecule has 1 heterocycles. The first-order valence-corrected chi connectivity index (χ1v) is 9.62. The van der Waals surface area contributed by atoms with E-state index >= 15 is 0 Å². The van der Waals surface area contributed by atoms with Crippen LogP contribution < -0.4 is 19.9 Å². The largest absolute Gasteiger partial charge is 0.454 e. The van der Waals surface area contributed by atoms with Gasteiger partial charge in [-0.25, -0.2) is 13.1 Å². The van der Waals surface area contributed by atoms with Crippen LogP contribution in [-0.4, -0.2) is 27.8 Å². The molecule has 3 N–H and O–H groups in total. The van der Waals surface area contributed by atoms with Crippen LogP contribution in [0, 0.1) is 12.8 Å². The Morgan fingerprint density at radius 2 is 1.83 bits per heavy atom. The summed E-state index contributed by atoms with van der Waals surface area (Å²) in [5, 5.41) is 0. The molecule has 1 aliphatic carbocycles. The molecule has 136 valence electrons. The Bertz CT molecular complexity index is 675. The average Bonchev–Trinajstić information content (AvgIpc) is 2.99. The summed E-state index contributed by atoms with van der Waals surface area (Å²) in [4.78, 5) is 0.232. The van der Waals surface area contributed by atoms with E-state index in [1.54, 1.807) is 13.0 Å². The fraction of sp³-hybridized carbons (Fsp3) is 0.625. The second-order valence-corrected chi connectivity index (χ2v) is 8.01. The van der Waals surface area contributed by atoms with E-state index in [9.17, 15) is 8.42 Å². The van der Waals surface area contributed by atoms with E-state index in [0.717, 1.165) is 25.7 Å². The van der Waals surface area contributed by atoms with Gasteiger partial charge in [0.2, 0.25) is 16.8 Å². The Labute approximate surface area is 149 Å². The molecule has 0 bridgehead atoms. The van der Waals surface area contributed by atoms with Gasteiger partial charge in [-0.15, -0.1) is 12.4 Å². The number of ether oxygens (including phenoxy) is 2. The molecule has 8 heteroatoms. The van der Waals surface area contributed by atoms with Gasteiger partial charge < -0.3 is 15.2 Å². The van der Waals surface area contributed by atoms with E-state index < -0.39 is 10.0 Å². The molecule has 2 aliphatic rings. The van der Waals surface area contributed by atoms with Gasteiger partial charge >= 0.3 is 0 Å². The Balaban J connectivity index is 0.00000208. The van der Waals surface area contributed by atoms with E-state index in [0.29, 0.717) is 29.5 Å². The molecule has 1 aromatic carbocycles. The summed E-state index contributed by atoms with van der Waals surface area (Å²) in [7, 11) is -3.64. The van der Waals surface area contributed by atoms with Gasteiger partial charge in [0.25, 0.3) is 0 Å². The Kier molecular flexibility index (Phi) is 6.36. The van der Waals surface area contributed by atoms with Crippen molar-refractivity contribution in [2.24, 2.45) is 11.7 Å². The number of nitrogens with one attached hydrogen (secondary N) is 1. The van der Waals surface area contributed by atoms with Crippen LogP contribution in [0.4, 0.5) is 0 Å². The quantitative estimate of drug-likeness (QED) is 0.823. The van der Waals surface area contributed by atoms with Crippen molar-refractivity contribution in [1.29, 1.82) is 0 Å². The third-order valence-corrected chi connectivity index (χ3v) is 6.37. The highest BCUT2D eigenvalue weighted by Crippen LogP contribution is 2.36. The minimum atomic E-state index is -3.64. The van der Waals surface area contributed by atoms with Gasteiger partial charge in [0.15, 0.2) is 11.5 Å². The van der Waals surface area contributed by atoms with Crippen LogP contribution in [0.1, 0.15) is 37.7 Å². The zero-order valence-corrected chi connectivity index (χ0v) is 15.4. The normalized spacial score (nSPS) is 18.9. The first-order valence-electron chi connectivity index (χ1n) is 8.14. The van der Waals surface area contributed by atoms with Crippen LogP contribution in [0.25, 0.3) is 0 Å². The second-order valence-electron chi connectivity index (χ2n) is 6.33. The number of hydrogen-bond acceptors (Lipinski definition) is 5. The molecule has 1 aromatic rings. The van der Waals surface area contributed by atoms with E-state index in [4.69, 9.17) is 15.2 Å². The van der Waals surface area contributed by atoms with Crippen LogP contribution in [0.2, 0.25) is 0 Å². The van der Waals surface area contributed by atoms with E-state index in [1.165, 1.54) is 12.5 Å². The zero-order valence-electron chi connectivity index (χ0n) is 13.8. The fourth-order valence-electron chi connectivity index (χ4n) is 3.45. The van der Waals surface area contributed by atoms with Crippen molar-refractivity contribution in [2.75, 3.05) is 13.3 Å². The number of hydrogen-bond donors (Lipinski definition) is 2. The molecule has 6 nitrogen and oxygen atoms in total. The summed E-state index contributed by atoms with van der Waals surface area (Å²) >= 11 is 0. The molecule has 0 saturated heterocycles. The molecule has 1 unspecified atom stereocenters. The van der Waals surface area contributed by atoms with Crippen molar-refractivity contribution < 1.29 is 17.9 Å². The van der Waals surface area contributed by atoms with Gasteiger partial charge in [0, 0.05) is 18.7 Å². The van der Waals surface area contributed by atoms with Crippen molar-refractivity contribution in [3.63, 3.8) is 0 Å². The summed E-state index contributed by atoms with van der Waals surface area (Å²) < 4.78 is 39.0. The van der Waals surface area contributed by atoms with Gasteiger partial charge in [-0.1, -0.05) is 19.3 Å². The molecule has 1 fully saturated rings. The van der Waals surface area contributed by atoms with Crippen LogP contribution in [0.5, 0.6) is 11.5 Å². The summed E-state index contributed by atoms with van der Waals surface area (Å²) in [6.45, 7) is 2.20. The highest BCUT2D eigenvalue weighted by molar-refractivity contribution is 7.89. The lowest BCUT2D eigenvalue weighted by Gasteiger charge is -2.30. The number of rotatable bonds is 5. The summed E-state index contributed by atoms with van der Waals surface area (Å²) in [6.07, 6.45) is 5.58. The minimum Gasteiger partial charge on any atom is -0.454 e. The van der Waals surface area contributed by atoms with Gasteiger partial charge in [0.05, 0.1) is 4.90 Å². The monoisotopic (exact) mass is 376 g/mol. The number of sulfonamides is 1. The Hall–Kier alpha value is -1.02. The predicted molar refractivity (Wildman–Crippen MR) is 94.3 cm³/mol. The molecule has 0 radical (unpaired) electrons. The first kappa shape index (κ1) is 19.3. The fourth-order valence-corrected chi connectivity index (χ4v) is 5.01. The lowest BCUT2D eigenvalue weighted by atomic mass is 9.84.